The van der Waals surface area contributed by atoms with Crippen molar-refractivity contribution < 1.29 is 14.3 Å². The van der Waals surface area contributed by atoms with E-state index in [-0.39, 0.29) is 5.91 Å². The average Bonchev–Trinajstić information content (AvgIpc) is 2.81. The molecule has 0 aliphatic carbocycles. The molecule has 0 radical (unpaired) electrons. The number of nitrogens with one attached hydrogen (secondary N) is 1. The van der Waals surface area contributed by atoms with Crippen LogP contribution in [0.25, 0.3) is 11.1 Å². The van der Waals surface area contributed by atoms with Gasteiger partial charge in [-0.1, -0.05) is 30.3 Å². The normalized spacial score (nSPS) is 19.3. The molecule has 2 saturated heterocycles. The number of amides is 1. The number of ether oxygens (including phenoxy) is 2. The van der Waals surface area contributed by atoms with E-state index in [2.05, 4.69) is 39.5 Å². The zero-order chi connectivity index (χ0) is 20.7. The highest BCUT2D eigenvalue weighted by Crippen LogP contribution is 2.37. The first-order valence-electron chi connectivity index (χ1n) is 10.9. The molecule has 0 spiro atoms. The minimum Gasteiger partial charge on any atom is -0.381 e. The van der Waals surface area contributed by atoms with Crippen molar-refractivity contribution in [2.24, 2.45) is 5.41 Å². The molecule has 1 N–H and O–H groups in total. The van der Waals surface area contributed by atoms with E-state index in [4.69, 9.17) is 9.47 Å². The van der Waals surface area contributed by atoms with Gasteiger partial charge in [0.1, 0.15) is 0 Å². The highest BCUT2D eigenvalue weighted by molar-refractivity contribution is 5.83. The molecular weight excluding hydrogens is 378 g/mol. The van der Waals surface area contributed by atoms with E-state index >= 15 is 0 Å². The molecule has 2 fully saturated rings. The monoisotopic (exact) mass is 409 g/mol. The second-order valence-electron chi connectivity index (χ2n) is 8.18. The van der Waals surface area contributed by atoms with Gasteiger partial charge in [-0.15, -0.1) is 0 Å². The van der Waals surface area contributed by atoms with Gasteiger partial charge in [0.15, 0.2) is 0 Å². The van der Waals surface area contributed by atoms with Gasteiger partial charge < -0.3 is 14.8 Å². The summed E-state index contributed by atoms with van der Waals surface area (Å²) in [5.74, 6) is 0.153. The molecule has 2 aliphatic rings. The Balaban J connectivity index is 1.48. The lowest BCUT2D eigenvalue weighted by Gasteiger charge is -2.37. The summed E-state index contributed by atoms with van der Waals surface area (Å²) >= 11 is 0. The summed E-state index contributed by atoms with van der Waals surface area (Å²) in [6, 6.07) is 12.4. The molecule has 1 aromatic carbocycles. The van der Waals surface area contributed by atoms with E-state index in [9.17, 15) is 4.79 Å². The zero-order valence-corrected chi connectivity index (χ0v) is 17.5. The summed E-state index contributed by atoms with van der Waals surface area (Å²) in [5.41, 5.74) is 3.00. The maximum Gasteiger partial charge on any atom is 0.226 e. The fourth-order valence-electron chi connectivity index (χ4n) is 4.43. The van der Waals surface area contributed by atoms with Crippen LogP contribution in [0.5, 0.6) is 0 Å². The molecule has 30 heavy (non-hydrogen) atoms. The lowest BCUT2D eigenvalue weighted by Crippen LogP contribution is -2.48. The Kier molecular flexibility index (Phi) is 7.10. The number of nitrogens with zero attached hydrogens (tertiary/aromatic N) is 2. The summed E-state index contributed by atoms with van der Waals surface area (Å²) < 4.78 is 11.0. The van der Waals surface area contributed by atoms with Gasteiger partial charge in [0.25, 0.3) is 0 Å². The number of benzene rings is 1. The van der Waals surface area contributed by atoms with Gasteiger partial charge in [-0.25, -0.2) is 0 Å². The first-order valence-corrected chi connectivity index (χ1v) is 10.9. The van der Waals surface area contributed by atoms with E-state index in [0.29, 0.717) is 26.2 Å². The predicted octanol–water partition coefficient (Wildman–Crippen LogP) is 2.54. The Morgan fingerprint density at radius 3 is 2.57 bits per heavy atom. The van der Waals surface area contributed by atoms with Crippen LogP contribution in [0.4, 0.5) is 0 Å². The van der Waals surface area contributed by atoms with Crippen molar-refractivity contribution in [1.82, 2.24) is 15.2 Å². The Hall–Kier alpha value is -2.28. The van der Waals surface area contributed by atoms with Crippen LogP contribution in [0.3, 0.4) is 0 Å². The van der Waals surface area contributed by atoms with Crippen LogP contribution in [-0.4, -0.2) is 68.4 Å². The number of hydrogen-bond acceptors (Lipinski definition) is 5. The molecule has 160 valence electrons. The Bertz CT molecular complexity index is 815. The molecule has 3 heterocycles. The van der Waals surface area contributed by atoms with Gasteiger partial charge in [-0.2, -0.15) is 0 Å². The molecule has 2 aromatic rings. The number of rotatable bonds is 7. The number of morpholine rings is 1. The van der Waals surface area contributed by atoms with E-state index < -0.39 is 5.41 Å². The molecule has 6 nitrogen and oxygen atoms in total. The van der Waals surface area contributed by atoms with Crippen LogP contribution in [0.2, 0.25) is 0 Å². The summed E-state index contributed by atoms with van der Waals surface area (Å²) in [6.45, 7) is 6.24. The molecule has 4 rings (SSSR count). The molecule has 1 amide bonds. The minimum absolute atomic E-state index is 0.153. The second-order valence-corrected chi connectivity index (χ2v) is 8.18. The summed E-state index contributed by atoms with van der Waals surface area (Å²) in [5, 5.41) is 3.23. The van der Waals surface area contributed by atoms with Crippen molar-refractivity contribution in [1.29, 1.82) is 0 Å². The van der Waals surface area contributed by atoms with Gasteiger partial charge in [0.2, 0.25) is 5.91 Å². The number of pyridine rings is 1. The van der Waals surface area contributed by atoms with E-state index in [1.54, 1.807) is 6.20 Å². The smallest absolute Gasteiger partial charge is 0.226 e. The predicted molar refractivity (Wildman–Crippen MR) is 116 cm³/mol. The maximum atomic E-state index is 13.4. The highest BCUT2D eigenvalue weighted by Gasteiger charge is 2.40. The first kappa shape index (κ1) is 21.0. The van der Waals surface area contributed by atoms with Gasteiger partial charge in [0.05, 0.1) is 18.6 Å². The molecule has 0 saturated carbocycles. The Morgan fingerprint density at radius 1 is 1.03 bits per heavy atom. The van der Waals surface area contributed by atoms with Crippen molar-refractivity contribution >= 4 is 5.91 Å². The third-order valence-corrected chi connectivity index (χ3v) is 6.27. The molecule has 0 atom stereocenters. The van der Waals surface area contributed by atoms with Crippen molar-refractivity contribution in [2.75, 3.05) is 52.6 Å². The third-order valence-electron chi connectivity index (χ3n) is 6.27. The Labute approximate surface area is 178 Å². The second kappa shape index (κ2) is 10.2. The summed E-state index contributed by atoms with van der Waals surface area (Å²) in [7, 11) is 0. The van der Waals surface area contributed by atoms with Crippen molar-refractivity contribution in [3.05, 3.63) is 54.4 Å². The van der Waals surface area contributed by atoms with Crippen LogP contribution in [0.1, 0.15) is 18.4 Å². The minimum atomic E-state index is -0.429. The fraction of sp³-hybridized carbons (Fsp3) is 0.500. The maximum absolute atomic E-state index is 13.4. The van der Waals surface area contributed by atoms with Crippen LogP contribution < -0.4 is 5.32 Å². The lowest BCUT2D eigenvalue weighted by molar-refractivity contribution is -0.136. The van der Waals surface area contributed by atoms with Gasteiger partial charge in [0, 0.05) is 57.3 Å². The third kappa shape index (κ3) is 5.06. The molecule has 1 aromatic heterocycles. The standard InChI is InChI=1S/C24H31N3O3/c28-23(26-10-11-27-12-16-30-17-13-27)24(7-14-29-15-8-24)18-20-4-1-2-6-22(20)21-5-3-9-25-19-21/h1-6,9,19H,7-8,10-18H2,(H,26,28). The molecular formula is C24H31N3O3. The van der Waals surface area contributed by atoms with Gasteiger partial charge in [-0.3, -0.25) is 14.7 Å². The van der Waals surface area contributed by atoms with Crippen LogP contribution in [0, 0.1) is 5.41 Å². The quantitative estimate of drug-likeness (QED) is 0.761. The van der Waals surface area contributed by atoms with Crippen molar-refractivity contribution in [2.45, 2.75) is 19.3 Å². The lowest BCUT2D eigenvalue weighted by atomic mass is 9.73. The van der Waals surface area contributed by atoms with E-state index in [1.165, 1.54) is 5.56 Å². The van der Waals surface area contributed by atoms with Crippen LogP contribution in [0.15, 0.2) is 48.8 Å². The SMILES string of the molecule is O=C(NCCN1CCOCC1)C1(Cc2ccccc2-c2cccnc2)CCOCC1. The van der Waals surface area contributed by atoms with E-state index in [0.717, 1.165) is 56.8 Å². The summed E-state index contributed by atoms with van der Waals surface area (Å²) in [4.78, 5) is 20.0. The number of carbonyl (C=O) groups excluding carboxylic acids is 1. The van der Waals surface area contributed by atoms with Gasteiger partial charge in [-0.05, 0) is 36.5 Å². The molecule has 2 aliphatic heterocycles. The summed E-state index contributed by atoms with van der Waals surface area (Å²) in [6.07, 6.45) is 5.88. The first-order chi connectivity index (χ1) is 14.8. The van der Waals surface area contributed by atoms with Crippen molar-refractivity contribution in [3.8, 4) is 11.1 Å². The van der Waals surface area contributed by atoms with Crippen molar-refractivity contribution in [3.63, 3.8) is 0 Å². The average molecular weight is 410 g/mol. The highest BCUT2D eigenvalue weighted by atomic mass is 16.5. The zero-order valence-electron chi connectivity index (χ0n) is 17.5. The molecule has 6 heteroatoms. The van der Waals surface area contributed by atoms with Gasteiger partial charge >= 0.3 is 0 Å². The molecule has 0 unspecified atom stereocenters. The number of hydrogen-bond donors (Lipinski definition) is 1. The fourth-order valence-corrected chi connectivity index (χ4v) is 4.43. The molecule has 0 bridgehead atoms. The Morgan fingerprint density at radius 2 is 1.80 bits per heavy atom. The largest absolute Gasteiger partial charge is 0.381 e. The number of aromatic nitrogens is 1. The number of carbonyl (C=O) groups is 1. The van der Waals surface area contributed by atoms with Crippen LogP contribution >= 0.6 is 0 Å². The van der Waals surface area contributed by atoms with Crippen LogP contribution in [-0.2, 0) is 20.7 Å². The van der Waals surface area contributed by atoms with E-state index in [1.807, 2.05) is 18.3 Å². The topological polar surface area (TPSA) is 63.7 Å².